The Balaban J connectivity index is 1.52. The molecule has 4 rings (SSSR count). The van der Waals surface area contributed by atoms with E-state index in [1.54, 1.807) is 22.7 Å². The molecule has 0 aliphatic carbocycles. The summed E-state index contributed by atoms with van der Waals surface area (Å²) >= 11 is 3.31. The zero-order valence-corrected chi connectivity index (χ0v) is 15.9. The number of nitrogens with zero attached hydrogens (tertiary/aromatic N) is 3. The normalized spacial score (nSPS) is 16.0. The minimum Gasteiger partial charge on any atom is -0.337 e. The smallest absolute Gasteiger partial charge is 0.274 e. The first-order valence-corrected chi connectivity index (χ1v) is 10.5. The third-order valence-corrected chi connectivity index (χ3v) is 6.19. The molecule has 1 atom stereocenters. The van der Waals surface area contributed by atoms with Gasteiger partial charge in [-0.3, -0.25) is 9.20 Å². The molecule has 1 N–H and O–H groups in total. The van der Waals surface area contributed by atoms with Crippen molar-refractivity contribution in [2.24, 2.45) is 0 Å². The van der Waals surface area contributed by atoms with Crippen LogP contribution in [0.2, 0.25) is 0 Å². The molecule has 3 aromatic rings. The predicted octanol–water partition coefficient (Wildman–Crippen LogP) is 3.41. The van der Waals surface area contributed by atoms with Gasteiger partial charge in [-0.15, -0.1) is 11.3 Å². The van der Waals surface area contributed by atoms with Gasteiger partial charge in [0.1, 0.15) is 0 Å². The van der Waals surface area contributed by atoms with Crippen molar-refractivity contribution in [3.8, 4) is 0 Å². The molecule has 0 spiro atoms. The first-order chi connectivity index (χ1) is 12.2. The maximum atomic E-state index is 12.9. The van der Waals surface area contributed by atoms with Crippen molar-refractivity contribution in [2.75, 3.05) is 13.1 Å². The van der Waals surface area contributed by atoms with E-state index in [-0.39, 0.29) is 5.91 Å². The minimum atomic E-state index is 0.0793. The summed E-state index contributed by atoms with van der Waals surface area (Å²) in [6.07, 6.45) is 5.19. The van der Waals surface area contributed by atoms with Crippen LogP contribution >= 0.6 is 22.7 Å². The van der Waals surface area contributed by atoms with Crippen molar-refractivity contribution in [3.05, 3.63) is 45.4 Å². The number of carbonyl (C=O) groups is 1. The highest BCUT2D eigenvalue weighted by molar-refractivity contribution is 7.15. The van der Waals surface area contributed by atoms with E-state index >= 15 is 0 Å². The van der Waals surface area contributed by atoms with Gasteiger partial charge < -0.3 is 10.2 Å². The lowest BCUT2D eigenvalue weighted by Crippen LogP contribution is -2.31. The lowest BCUT2D eigenvalue weighted by molar-refractivity contribution is 0.0786. The molecular formula is C18H22N4OS2. The molecule has 1 aliphatic rings. The second-order valence-electron chi connectivity index (χ2n) is 6.58. The molecule has 1 unspecified atom stereocenters. The van der Waals surface area contributed by atoms with Crippen LogP contribution < -0.4 is 5.32 Å². The standard InChI is InChI=1S/C18H22N4OS2/c1-13(10-14-4-8-24-12-14)19-11-15-16(17(23)21-5-2-3-6-21)20-18-22(15)7-9-25-18/h4,7-9,12-13,19H,2-3,5-6,10-11H2,1H3. The van der Waals surface area contributed by atoms with Crippen molar-refractivity contribution in [1.29, 1.82) is 0 Å². The molecule has 4 heterocycles. The third-order valence-electron chi connectivity index (χ3n) is 4.70. The van der Waals surface area contributed by atoms with E-state index in [1.165, 1.54) is 5.56 Å². The predicted molar refractivity (Wildman–Crippen MR) is 103 cm³/mol. The minimum absolute atomic E-state index is 0.0793. The number of aromatic nitrogens is 2. The number of fused-ring (bicyclic) bond motifs is 1. The first-order valence-electron chi connectivity index (χ1n) is 8.70. The zero-order valence-electron chi connectivity index (χ0n) is 14.3. The van der Waals surface area contributed by atoms with Crippen LogP contribution in [0, 0.1) is 0 Å². The van der Waals surface area contributed by atoms with Gasteiger partial charge in [0.05, 0.1) is 5.69 Å². The van der Waals surface area contributed by atoms with Gasteiger partial charge in [0.2, 0.25) is 0 Å². The van der Waals surface area contributed by atoms with E-state index in [0.717, 1.165) is 43.0 Å². The Hall–Kier alpha value is -1.70. The highest BCUT2D eigenvalue weighted by Gasteiger charge is 2.26. The Morgan fingerprint density at radius 1 is 1.36 bits per heavy atom. The number of hydrogen-bond donors (Lipinski definition) is 1. The summed E-state index contributed by atoms with van der Waals surface area (Å²) in [7, 11) is 0. The number of rotatable bonds is 6. The van der Waals surface area contributed by atoms with Gasteiger partial charge >= 0.3 is 0 Å². The summed E-state index contributed by atoms with van der Waals surface area (Å²) in [5.41, 5.74) is 2.95. The molecule has 25 heavy (non-hydrogen) atoms. The summed E-state index contributed by atoms with van der Waals surface area (Å²) in [4.78, 5) is 20.3. The molecule has 5 nitrogen and oxygen atoms in total. The summed E-state index contributed by atoms with van der Waals surface area (Å²) in [5, 5.41) is 9.89. The Morgan fingerprint density at radius 3 is 2.96 bits per heavy atom. The summed E-state index contributed by atoms with van der Waals surface area (Å²) in [6.45, 7) is 4.54. The van der Waals surface area contributed by atoms with Gasteiger partial charge in [-0.25, -0.2) is 4.98 Å². The van der Waals surface area contributed by atoms with Crippen LogP contribution in [0.15, 0.2) is 28.4 Å². The van der Waals surface area contributed by atoms with Crippen LogP contribution in [0.1, 0.15) is 41.5 Å². The molecule has 1 aliphatic heterocycles. The van der Waals surface area contributed by atoms with Crippen LogP contribution in [-0.4, -0.2) is 39.3 Å². The largest absolute Gasteiger partial charge is 0.337 e. The lowest BCUT2D eigenvalue weighted by atomic mass is 10.1. The number of thiophene rings is 1. The maximum absolute atomic E-state index is 12.9. The molecule has 1 amide bonds. The van der Waals surface area contributed by atoms with Crippen molar-refractivity contribution in [3.63, 3.8) is 0 Å². The quantitative estimate of drug-likeness (QED) is 0.719. The molecule has 132 valence electrons. The van der Waals surface area contributed by atoms with Crippen LogP contribution in [-0.2, 0) is 13.0 Å². The monoisotopic (exact) mass is 374 g/mol. The van der Waals surface area contributed by atoms with Gasteiger partial charge in [0.25, 0.3) is 5.91 Å². The van der Waals surface area contributed by atoms with Gasteiger partial charge in [0.15, 0.2) is 10.7 Å². The average molecular weight is 375 g/mol. The van der Waals surface area contributed by atoms with Crippen LogP contribution in [0.5, 0.6) is 0 Å². The van der Waals surface area contributed by atoms with Crippen LogP contribution in [0.25, 0.3) is 4.96 Å². The number of nitrogens with one attached hydrogen (secondary N) is 1. The zero-order chi connectivity index (χ0) is 17.2. The number of carbonyl (C=O) groups excluding carboxylic acids is 1. The van der Waals surface area contributed by atoms with Crippen molar-refractivity contribution in [1.82, 2.24) is 19.6 Å². The maximum Gasteiger partial charge on any atom is 0.274 e. The number of amides is 1. The van der Waals surface area contributed by atoms with Crippen LogP contribution in [0.3, 0.4) is 0 Å². The molecular weight excluding hydrogens is 352 g/mol. The van der Waals surface area contributed by atoms with Gasteiger partial charge in [-0.2, -0.15) is 11.3 Å². The highest BCUT2D eigenvalue weighted by Crippen LogP contribution is 2.21. The number of imidazole rings is 1. The van der Waals surface area contributed by atoms with Gasteiger partial charge in [-0.05, 0) is 48.6 Å². The molecule has 0 radical (unpaired) electrons. The van der Waals surface area contributed by atoms with E-state index in [9.17, 15) is 4.79 Å². The fraction of sp³-hybridized carbons (Fsp3) is 0.444. The average Bonchev–Trinajstić information content (AvgIpc) is 3.35. The fourth-order valence-electron chi connectivity index (χ4n) is 3.35. The van der Waals surface area contributed by atoms with E-state index in [2.05, 4.69) is 38.5 Å². The molecule has 3 aromatic heterocycles. The summed E-state index contributed by atoms with van der Waals surface area (Å²) in [5.74, 6) is 0.0793. The van der Waals surface area contributed by atoms with E-state index in [1.807, 2.05) is 16.5 Å². The van der Waals surface area contributed by atoms with Crippen molar-refractivity contribution >= 4 is 33.5 Å². The first kappa shape index (κ1) is 16.8. The number of thiazole rings is 1. The summed E-state index contributed by atoms with van der Waals surface area (Å²) in [6, 6.07) is 2.51. The number of hydrogen-bond acceptors (Lipinski definition) is 5. The van der Waals surface area contributed by atoms with Crippen molar-refractivity contribution < 1.29 is 4.79 Å². The molecule has 1 fully saturated rings. The SMILES string of the molecule is CC(Cc1ccsc1)NCc1c(C(=O)N2CCCC2)nc2sccn12. The lowest BCUT2D eigenvalue weighted by Gasteiger charge is -2.16. The molecule has 0 aromatic carbocycles. The van der Waals surface area contributed by atoms with E-state index < -0.39 is 0 Å². The highest BCUT2D eigenvalue weighted by atomic mass is 32.1. The summed E-state index contributed by atoms with van der Waals surface area (Å²) < 4.78 is 2.05. The van der Waals surface area contributed by atoms with Gasteiger partial charge in [0, 0.05) is 37.3 Å². The van der Waals surface area contributed by atoms with E-state index in [4.69, 9.17) is 0 Å². The fourth-order valence-corrected chi connectivity index (χ4v) is 4.76. The second-order valence-corrected chi connectivity index (χ2v) is 8.23. The molecule has 0 saturated carbocycles. The Morgan fingerprint density at radius 2 is 2.20 bits per heavy atom. The second kappa shape index (κ2) is 7.27. The molecule has 7 heteroatoms. The van der Waals surface area contributed by atoms with Crippen molar-refractivity contribution in [2.45, 2.75) is 38.8 Å². The Bertz CT molecular complexity index is 846. The Kier molecular flexibility index (Phi) is 4.87. The van der Waals surface area contributed by atoms with E-state index in [0.29, 0.717) is 18.3 Å². The molecule has 1 saturated heterocycles. The topological polar surface area (TPSA) is 49.6 Å². The Labute approximate surface area is 155 Å². The molecule has 0 bridgehead atoms. The van der Waals surface area contributed by atoms with Gasteiger partial charge in [-0.1, -0.05) is 0 Å². The number of likely N-dealkylation sites (tertiary alicyclic amines) is 1. The third kappa shape index (κ3) is 3.49. The van der Waals surface area contributed by atoms with Crippen LogP contribution in [0.4, 0.5) is 0 Å².